The quantitative estimate of drug-likeness (QED) is 0.725. The van der Waals surface area contributed by atoms with Crippen LogP contribution in [0.1, 0.15) is 24.2 Å². The number of hydrogen-bond acceptors (Lipinski definition) is 3. The van der Waals surface area contributed by atoms with Crippen LogP contribution in [0.25, 0.3) is 0 Å². The second-order valence-corrected chi connectivity index (χ2v) is 3.10. The van der Waals surface area contributed by atoms with Crippen molar-refractivity contribution in [1.29, 1.82) is 0 Å². The van der Waals surface area contributed by atoms with Gasteiger partial charge in [0.15, 0.2) is 0 Å². The molecular formula is C10H10FO3-. The molecule has 76 valence electrons. The molecule has 0 aliphatic heterocycles. The summed E-state index contributed by atoms with van der Waals surface area (Å²) in [6, 6.07) is 3.56. The first-order valence-electron chi connectivity index (χ1n) is 4.18. The van der Waals surface area contributed by atoms with Crippen LogP contribution in [0.2, 0.25) is 0 Å². The zero-order valence-corrected chi connectivity index (χ0v) is 7.91. The third-order valence-corrected chi connectivity index (χ3v) is 1.53. The van der Waals surface area contributed by atoms with Gasteiger partial charge in [0.2, 0.25) is 0 Å². The normalized spacial score (nSPS) is 10.3. The summed E-state index contributed by atoms with van der Waals surface area (Å²) in [4.78, 5) is 10.4. The van der Waals surface area contributed by atoms with Crippen molar-refractivity contribution in [3.8, 4) is 5.75 Å². The zero-order chi connectivity index (χ0) is 10.7. The maximum Gasteiger partial charge on any atom is 0.135 e. The minimum atomic E-state index is -1.53. The summed E-state index contributed by atoms with van der Waals surface area (Å²) in [5.41, 5.74) is -0.457. The number of carboxylic acids is 1. The molecule has 0 aliphatic rings. The molecule has 1 aromatic rings. The molecule has 0 fully saturated rings. The lowest BCUT2D eigenvalue weighted by Gasteiger charge is -2.11. The largest absolute Gasteiger partial charge is 0.545 e. The summed E-state index contributed by atoms with van der Waals surface area (Å²) in [6.45, 7) is 3.59. The summed E-state index contributed by atoms with van der Waals surface area (Å²) in [6.07, 6.45) is -0.0804. The van der Waals surface area contributed by atoms with Crippen molar-refractivity contribution in [2.75, 3.05) is 0 Å². The highest BCUT2D eigenvalue weighted by atomic mass is 19.1. The molecule has 0 heterocycles. The molecule has 0 unspecified atom stereocenters. The SMILES string of the molecule is CC(C)Oc1ccc(C(=O)[O-])c(F)c1. The van der Waals surface area contributed by atoms with Crippen LogP contribution >= 0.6 is 0 Å². The van der Waals surface area contributed by atoms with Crippen molar-refractivity contribution in [2.45, 2.75) is 20.0 Å². The van der Waals surface area contributed by atoms with Gasteiger partial charge in [0, 0.05) is 11.6 Å². The van der Waals surface area contributed by atoms with E-state index in [1.165, 1.54) is 6.07 Å². The van der Waals surface area contributed by atoms with Gasteiger partial charge in [0.05, 0.1) is 12.1 Å². The highest BCUT2D eigenvalue weighted by molar-refractivity contribution is 5.86. The maximum absolute atomic E-state index is 13.1. The Morgan fingerprint density at radius 1 is 1.50 bits per heavy atom. The number of ether oxygens (including phenoxy) is 1. The number of benzene rings is 1. The Kier molecular flexibility index (Phi) is 3.06. The van der Waals surface area contributed by atoms with Crippen LogP contribution in [0.4, 0.5) is 4.39 Å². The fourth-order valence-corrected chi connectivity index (χ4v) is 1.01. The standard InChI is InChI=1S/C10H11FO3/c1-6(2)14-7-3-4-8(10(12)13)9(11)5-7/h3-6H,1-2H3,(H,12,13)/p-1. The number of carboxylic acid groups (broad SMARTS) is 1. The molecule has 0 bridgehead atoms. The number of aromatic carboxylic acids is 1. The molecule has 0 amide bonds. The summed E-state index contributed by atoms with van der Waals surface area (Å²) < 4.78 is 18.2. The van der Waals surface area contributed by atoms with Gasteiger partial charge in [-0.25, -0.2) is 4.39 Å². The fraction of sp³-hybridized carbons (Fsp3) is 0.300. The number of carbonyl (C=O) groups is 1. The van der Waals surface area contributed by atoms with Crippen LogP contribution in [0.3, 0.4) is 0 Å². The van der Waals surface area contributed by atoms with E-state index in [4.69, 9.17) is 4.74 Å². The van der Waals surface area contributed by atoms with E-state index in [0.717, 1.165) is 12.1 Å². The van der Waals surface area contributed by atoms with E-state index in [0.29, 0.717) is 5.75 Å². The molecule has 3 nitrogen and oxygen atoms in total. The van der Waals surface area contributed by atoms with Crippen LogP contribution in [-0.2, 0) is 0 Å². The number of hydrogen-bond donors (Lipinski definition) is 0. The molecule has 0 radical (unpaired) electrons. The lowest BCUT2D eigenvalue weighted by atomic mass is 10.2. The molecule has 0 saturated heterocycles. The third-order valence-electron chi connectivity index (χ3n) is 1.53. The second-order valence-electron chi connectivity index (χ2n) is 3.10. The van der Waals surface area contributed by atoms with Crippen molar-refractivity contribution in [3.05, 3.63) is 29.6 Å². The van der Waals surface area contributed by atoms with Crippen LogP contribution in [0, 0.1) is 5.82 Å². The summed E-state index contributed by atoms with van der Waals surface area (Å²) in [5, 5.41) is 10.4. The summed E-state index contributed by atoms with van der Waals surface area (Å²) >= 11 is 0. The Morgan fingerprint density at radius 3 is 2.57 bits per heavy atom. The summed E-state index contributed by atoms with van der Waals surface area (Å²) in [5.74, 6) is -2.07. The molecule has 0 spiro atoms. The number of halogens is 1. The van der Waals surface area contributed by atoms with E-state index in [9.17, 15) is 14.3 Å². The van der Waals surface area contributed by atoms with Crippen molar-refractivity contribution in [1.82, 2.24) is 0 Å². The highest BCUT2D eigenvalue weighted by Crippen LogP contribution is 2.17. The monoisotopic (exact) mass is 197 g/mol. The van der Waals surface area contributed by atoms with E-state index in [-0.39, 0.29) is 6.10 Å². The minimum absolute atomic E-state index is 0.0804. The van der Waals surface area contributed by atoms with Gasteiger partial charge in [0.1, 0.15) is 11.6 Å². The maximum atomic E-state index is 13.1. The van der Waals surface area contributed by atoms with E-state index < -0.39 is 17.3 Å². The molecule has 0 atom stereocenters. The van der Waals surface area contributed by atoms with Crippen molar-refractivity contribution < 1.29 is 19.0 Å². The van der Waals surface area contributed by atoms with Gasteiger partial charge in [-0.3, -0.25) is 0 Å². The van der Waals surface area contributed by atoms with Crippen LogP contribution in [0.5, 0.6) is 5.75 Å². The zero-order valence-electron chi connectivity index (χ0n) is 7.91. The second kappa shape index (κ2) is 4.09. The summed E-state index contributed by atoms with van der Waals surface area (Å²) in [7, 11) is 0. The molecule has 14 heavy (non-hydrogen) atoms. The first-order chi connectivity index (χ1) is 6.50. The average Bonchev–Trinajstić information content (AvgIpc) is 2.01. The van der Waals surface area contributed by atoms with Gasteiger partial charge in [0.25, 0.3) is 0 Å². The first kappa shape index (κ1) is 10.5. The van der Waals surface area contributed by atoms with Crippen molar-refractivity contribution >= 4 is 5.97 Å². The van der Waals surface area contributed by atoms with Crippen molar-refractivity contribution in [2.24, 2.45) is 0 Å². The van der Waals surface area contributed by atoms with Gasteiger partial charge in [-0.2, -0.15) is 0 Å². The molecule has 4 heteroatoms. The van der Waals surface area contributed by atoms with Crippen LogP contribution < -0.4 is 9.84 Å². The number of carbonyl (C=O) groups excluding carboxylic acids is 1. The molecule has 0 aromatic heterocycles. The van der Waals surface area contributed by atoms with Gasteiger partial charge >= 0.3 is 0 Å². The molecule has 1 aromatic carbocycles. The lowest BCUT2D eigenvalue weighted by molar-refractivity contribution is -0.255. The van der Waals surface area contributed by atoms with Gasteiger partial charge in [-0.1, -0.05) is 0 Å². The Labute approximate surface area is 81.1 Å². The minimum Gasteiger partial charge on any atom is -0.545 e. The molecular weight excluding hydrogens is 187 g/mol. The van der Waals surface area contributed by atoms with Gasteiger partial charge in [-0.05, 0) is 26.0 Å². The van der Waals surface area contributed by atoms with Gasteiger partial charge in [-0.15, -0.1) is 0 Å². The predicted molar refractivity (Wildman–Crippen MR) is 46.5 cm³/mol. The smallest absolute Gasteiger partial charge is 0.135 e. The Morgan fingerprint density at radius 2 is 2.14 bits per heavy atom. The predicted octanol–water partition coefficient (Wildman–Crippen LogP) is 0.976. The lowest BCUT2D eigenvalue weighted by Crippen LogP contribution is -2.23. The Bertz CT molecular complexity index is 347. The number of rotatable bonds is 3. The molecule has 0 N–H and O–H groups in total. The van der Waals surface area contributed by atoms with E-state index >= 15 is 0 Å². The van der Waals surface area contributed by atoms with Crippen molar-refractivity contribution in [3.63, 3.8) is 0 Å². The van der Waals surface area contributed by atoms with Gasteiger partial charge < -0.3 is 14.6 Å². The first-order valence-corrected chi connectivity index (χ1v) is 4.18. The van der Waals surface area contributed by atoms with Crippen LogP contribution in [0.15, 0.2) is 18.2 Å². The van der Waals surface area contributed by atoms with E-state index in [1.54, 1.807) is 13.8 Å². The fourth-order valence-electron chi connectivity index (χ4n) is 1.01. The topological polar surface area (TPSA) is 49.4 Å². The molecule has 0 saturated carbocycles. The Hall–Kier alpha value is -1.58. The molecule has 0 aliphatic carbocycles. The average molecular weight is 197 g/mol. The molecule has 1 rings (SSSR count). The van der Waals surface area contributed by atoms with E-state index in [2.05, 4.69) is 0 Å². The highest BCUT2D eigenvalue weighted by Gasteiger charge is 2.05. The Balaban J connectivity index is 2.94. The van der Waals surface area contributed by atoms with Crippen LogP contribution in [-0.4, -0.2) is 12.1 Å². The van der Waals surface area contributed by atoms with E-state index in [1.807, 2.05) is 0 Å². The third kappa shape index (κ3) is 2.45.